The number of carbonyl (C=O) groups excluding carboxylic acids is 1. The van der Waals surface area contributed by atoms with Crippen LogP contribution in [0.15, 0.2) is 36.7 Å². The second-order valence-electron chi connectivity index (χ2n) is 7.67. The Morgan fingerprint density at radius 2 is 1.93 bits per heavy atom. The van der Waals surface area contributed by atoms with Gasteiger partial charge in [0, 0.05) is 32.1 Å². The molecule has 1 aliphatic carbocycles. The van der Waals surface area contributed by atoms with Gasteiger partial charge in [-0.05, 0) is 61.4 Å². The molecule has 7 heteroatoms. The summed E-state index contributed by atoms with van der Waals surface area (Å²) in [5, 5.41) is 7.35. The van der Waals surface area contributed by atoms with Crippen LogP contribution >= 0.6 is 0 Å². The monoisotopic (exact) mass is 372 g/mol. The van der Waals surface area contributed by atoms with Crippen LogP contribution in [0, 0.1) is 24.6 Å². The van der Waals surface area contributed by atoms with Crippen LogP contribution in [0.4, 0.5) is 14.9 Å². The SMILES string of the molecule is CO[C@H]1C[C@@H]2CN(C(=O)Nc3ccc(F)cc3)C[C@@H]2C[C@@H]1n1cc(C)cn1. The highest BCUT2D eigenvalue weighted by Crippen LogP contribution is 2.42. The smallest absolute Gasteiger partial charge is 0.321 e. The highest BCUT2D eigenvalue weighted by Gasteiger charge is 2.44. The highest BCUT2D eigenvalue weighted by molar-refractivity contribution is 5.89. The van der Waals surface area contributed by atoms with E-state index in [1.54, 1.807) is 19.2 Å². The first-order valence-electron chi connectivity index (χ1n) is 9.38. The van der Waals surface area contributed by atoms with Gasteiger partial charge in [0.15, 0.2) is 0 Å². The minimum atomic E-state index is -0.314. The van der Waals surface area contributed by atoms with Crippen LogP contribution in [-0.2, 0) is 4.74 Å². The Bertz CT molecular complexity index is 807. The van der Waals surface area contributed by atoms with Gasteiger partial charge in [-0.15, -0.1) is 0 Å². The van der Waals surface area contributed by atoms with Crippen molar-refractivity contribution in [1.29, 1.82) is 0 Å². The Balaban J connectivity index is 1.43. The van der Waals surface area contributed by atoms with E-state index in [1.807, 2.05) is 22.7 Å². The van der Waals surface area contributed by atoms with Crippen LogP contribution in [0.2, 0.25) is 0 Å². The van der Waals surface area contributed by atoms with E-state index in [0.717, 1.165) is 31.5 Å². The third-order valence-corrected chi connectivity index (χ3v) is 5.84. The number of aryl methyl sites for hydroxylation is 1. The van der Waals surface area contributed by atoms with Gasteiger partial charge in [0.2, 0.25) is 0 Å². The maximum Gasteiger partial charge on any atom is 0.321 e. The van der Waals surface area contributed by atoms with Crippen molar-refractivity contribution in [3.63, 3.8) is 0 Å². The maximum atomic E-state index is 13.0. The number of amides is 2. The van der Waals surface area contributed by atoms with Gasteiger partial charge in [0.25, 0.3) is 0 Å². The number of anilines is 1. The number of rotatable bonds is 3. The van der Waals surface area contributed by atoms with E-state index in [1.165, 1.54) is 12.1 Å². The molecule has 0 spiro atoms. The molecule has 1 aromatic heterocycles. The summed E-state index contributed by atoms with van der Waals surface area (Å²) >= 11 is 0. The number of hydrogen-bond acceptors (Lipinski definition) is 3. The molecule has 1 saturated heterocycles. The maximum absolute atomic E-state index is 13.0. The third-order valence-electron chi connectivity index (χ3n) is 5.84. The Morgan fingerprint density at radius 1 is 1.22 bits per heavy atom. The quantitative estimate of drug-likeness (QED) is 0.898. The average Bonchev–Trinajstić information content (AvgIpc) is 3.28. The molecule has 2 heterocycles. The lowest BCUT2D eigenvalue weighted by molar-refractivity contribution is -0.00487. The number of nitrogens with zero attached hydrogens (tertiary/aromatic N) is 3. The van der Waals surface area contributed by atoms with E-state index < -0.39 is 0 Å². The standard InChI is InChI=1S/C20H25FN4O2/c1-13-9-22-25(10-13)18-7-14-11-24(12-15(14)8-19(18)27-2)20(26)23-17-5-3-16(21)4-6-17/h3-6,9-10,14-15,18-19H,7-8,11-12H2,1-2H3,(H,23,26)/t14-,15+,18-,19-/m0/s1. The summed E-state index contributed by atoms with van der Waals surface area (Å²) in [6, 6.07) is 5.92. The summed E-state index contributed by atoms with van der Waals surface area (Å²) in [4.78, 5) is 14.5. The van der Waals surface area contributed by atoms with Gasteiger partial charge in [0.1, 0.15) is 5.82 Å². The molecule has 144 valence electrons. The van der Waals surface area contributed by atoms with Crippen molar-refractivity contribution in [2.24, 2.45) is 11.8 Å². The predicted octanol–water partition coefficient (Wildman–Crippen LogP) is 3.46. The highest BCUT2D eigenvalue weighted by atomic mass is 19.1. The summed E-state index contributed by atoms with van der Waals surface area (Å²) in [5.74, 6) is 0.553. The van der Waals surface area contributed by atoms with Crippen LogP contribution in [-0.4, -0.2) is 47.0 Å². The van der Waals surface area contributed by atoms with Crippen molar-refractivity contribution in [2.45, 2.75) is 31.9 Å². The Kier molecular flexibility index (Phi) is 4.86. The molecule has 27 heavy (non-hydrogen) atoms. The molecule has 2 amide bonds. The van der Waals surface area contributed by atoms with Gasteiger partial charge < -0.3 is 15.0 Å². The summed E-state index contributed by atoms with van der Waals surface area (Å²) < 4.78 is 20.8. The van der Waals surface area contributed by atoms with E-state index in [2.05, 4.69) is 16.6 Å². The number of hydrogen-bond donors (Lipinski definition) is 1. The number of urea groups is 1. The van der Waals surface area contributed by atoms with Crippen LogP contribution < -0.4 is 5.32 Å². The van der Waals surface area contributed by atoms with Gasteiger partial charge in [-0.1, -0.05) is 0 Å². The van der Waals surface area contributed by atoms with Crippen LogP contribution in [0.1, 0.15) is 24.4 Å². The zero-order chi connectivity index (χ0) is 19.0. The minimum Gasteiger partial charge on any atom is -0.379 e. The molecule has 2 fully saturated rings. The number of likely N-dealkylation sites (tertiary alicyclic amines) is 1. The number of halogens is 1. The predicted molar refractivity (Wildman–Crippen MR) is 100 cm³/mol. The Hall–Kier alpha value is -2.41. The number of benzene rings is 1. The lowest BCUT2D eigenvalue weighted by atomic mass is 9.77. The zero-order valence-electron chi connectivity index (χ0n) is 15.6. The fraction of sp³-hybridized carbons (Fsp3) is 0.500. The second-order valence-corrected chi connectivity index (χ2v) is 7.67. The average molecular weight is 372 g/mol. The number of methoxy groups -OCH3 is 1. The molecule has 4 atom stereocenters. The van der Waals surface area contributed by atoms with Crippen molar-refractivity contribution in [3.8, 4) is 0 Å². The molecule has 2 aromatic rings. The van der Waals surface area contributed by atoms with Gasteiger partial charge in [-0.3, -0.25) is 4.68 Å². The molecule has 1 aromatic carbocycles. The summed E-state index contributed by atoms with van der Waals surface area (Å²) in [7, 11) is 1.75. The Morgan fingerprint density at radius 3 is 2.56 bits per heavy atom. The Labute approximate surface area is 158 Å². The zero-order valence-corrected chi connectivity index (χ0v) is 15.6. The summed E-state index contributed by atoms with van der Waals surface area (Å²) in [5.41, 5.74) is 1.75. The molecule has 0 bridgehead atoms. The lowest BCUT2D eigenvalue weighted by Crippen LogP contribution is -2.37. The summed E-state index contributed by atoms with van der Waals surface area (Å²) in [6.45, 7) is 3.49. The molecule has 1 aliphatic heterocycles. The van der Waals surface area contributed by atoms with E-state index in [-0.39, 0.29) is 24.0 Å². The molecule has 4 rings (SSSR count). The fourth-order valence-corrected chi connectivity index (χ4v) is 4.44. The first-order chi connectivity index (χ1) is 13.0. The number of nitrogens with one attached hydrogen (secondary N) is 1. The number of carbonyl (C=O) groups is 1. The third kappa shape index (κ3) is 3.69. The van der Waals surface area contributed by atoms with Gasteiger partial charge in [-0.25, -0.2) is 9.18 Å². The van der Waals surface area contributed by atoms with Gasteiger partial charge in [0.05, 0.1) is 18.3 Å². The van der Waals surface area contributed by atoms with E-state index in [0.29, 0.717) is 17.5 Å². The normalized spacial score (nSPS) is 27.4. The molecule has 0 radical (unpaired) electrons. The number of ether oxygens (including phenoxy) is 1. The lowest BCUT2D eigenvalue weighted by Gasteiger charge is -2.37. The van der Waals surface area contributed by atoms with E-state index in [4.69, 9.17) is 4.74 Å². The van der Waals surface area contributed by atoms with Gasteiger partial charge in [-0.2, -0.15) is 5.10 Å². The van der Waals surface area contributed by atoms with E-state index >= 15 is 0 Å². The largest absolute Gasteiger partial charge is 0.379 e. The first kappa shape index (κ1) is 18.0. The molecule has 0 unspecified atom stereocenters. The summed E-state index contributed by atoms with van der Waals surface area (Å²) in [6.07, 6.45) is 5.90. The van der Waals surface area contributed by atoms with Crippen LogP contribution in [0.25, 0.3) is 0 Å². The second kappa shape index (κ2) is 7.31. The molecular weight excluding hydrogens is 347 g/mol. The van der Waals surface area contributed by atoms with Crippen molar-refractivity contribution >= 4 is 11.7 Å². The molecule has 6 nitrogen and oxygen atoms in total. The van der Waals surface area contributed by atoms with Crippen molar-refractivity contribution in [2.75, 3.05) is 25.5 Å². The van der Waals surface area contributed by atoms with Crippen LogP contribution in [0.5, 0.6) is 0 Å². The van der Waals surface area contributed by atoms with Crippen molar-refractivity contribution in [3.05, 3.63) is 48.0 Å². The fourth-order valence-electron chi connectivity index (χ4n) is 4.44. The number of fused-ring (bicyclic) bond motifs is 1. The number of aromatic nitrogens is 2. The molecular formula is C20H25FN4O2. The van der Waals surface area contributed by atoms with Crippen LogP contribution in [0.3, 0.4) is 0 Å². The van der Waals surface area contributed by atoms with E-state index in [9.17, 15) is 9.18 Å². The van der Waals surface area contributed by atoms with Crippen molar-refractivity contribution < 1.29 is 13.9 Å². The van der Waals surface area contributed by atoms with Gasteiger partial charge >= 0.3 is 6.03 Å². The molecule has 2 aliphatic rings. The molecule has 1 saturated carbocycles. The van der Waals surface area contributed by atoms with Crippen molar-refractivity contribution in [1.82, 2.24) is 14.7 Å². The molecule has 1 N–H and O–H groups in total. The minimum absolute atomic E-state index is 0.102. The topological polar surface area (TPSA) is 59.4 Å². The first-order valence-corrected chi connectivity index (χ1v) is 9.38.